The van der Waals surface area contributed by atoms with E-state index >= 15 is 0 Å². The predicted octanol–water partition coefficient (Wildman–Crippen LogP) is 1.86. The largest absolute Gasteiger partial charge is 0.377 e. The van der Waals surface area contributed by atoms with Crippen LogP contribution in [0.15, 0.2) is 0 Å². The summed E-state index contributed by atoms with van der Waals surface area (Å²) in [5, 5.41) is 0. The van der Waals surface area contributed by atoms with E-state index in [0.29, 0.717) is 29.5 Å². The van der Waals surface area contributed by atoms with Gasteiger partial charge in [0.1, 0.15) is 0 Å². The molecule has 2 rings (SSSR count). The Labute approximate surface area is 106 Å². The maximum Gasteiger partial charge on any atom is 0.0702 e. The van der Waals surface area contributed by atoms with E-state index in [1.807, 2.05) is 0 Å². The number of nitrogens with zero attached hydrogens (tertiary/aromatic N) is 1. The van der Waals surface area contributed by atoms with E-state index in [-0.39, 0.29) is 0 Å². The molecule has 2 fully saturated rings. The molecule has 0 bridgehead atoms. The number of hydrogen-bond donors (Lipinski definition) is 1. The highest BCUT2D eigenvalue weighted by Crippen LogP contribution is 2.40. The summed E-state index contributed by atoms with van der Waals surface area (Å²) in [4.78, 5) is 2.48. The predicted molar refractivity (Wildman–Crippen MR) is 70.9 cm³/mol. The fourth-order valence-electron chi connectivity index (χ4n) is 3.55. The molecule has 1 saturated carbocycles. The van der Waals surface area contributed by atoms with Gasteiger partial charge in [-0.05, 0) is 44.6 Å². The Bertz CT molecular complexity index is 267. The average molecular weight is 240 g/mol. The first-order chi connectivity index (χ1) is 7.92. The third-order valence-corrected chi connectivity index (χ3v) is 4.99. The quantitative estimate of drug-likeness (QED) is 0.818. The lowest BCUT2D eigenvalue weighted by Gasteiger charge is -2.32. The van der Waals surface area contributed by atoms with Gasteiger partial charge in [-0.15, -0.1) is 0 Å². The molecule has 1 saturated heterocycles. The number of likely N-dealkylation sites (N-methyl/N-ethyl adjacent to an activating group) is 1. The van der Waals surface area contributed by atoms with Crippen LogP contribution in [-0.2, 0) is 4.74 Å². The first-order valence-electron chi connectivity index (χ1n) is 6.99. The summed E-state index contributed by atoms with van der Waals surface area (Å²) >= 11 is 0. The van der Waals surface area contributed by atoms with Crippen LogP contribution >= 0.6 is 0 Å². The van der Waals surface area contributed by atoms with Crippen molar-refractivity contribution in [2.24, 2.45) is 17.1 Å². The van der Waals surface area contributed by atoms with E-state index in [1.165, 1.54) is 19.3 Å². The number of hydrogen-bond acceptors (Lipinski definition) is 3. The molecule has 0 aromatic carbocycles. The fourth-order valence-corrected chi connectivity index (χ4v) is 3.55. The molecular weight excluding hydrogens is 212 g/mol. The van der Waals surface area contributed by atoms with E-state index in [0.717, 1.165) is 13.2 Å². The molecule has 100 valence electrons. The van der Waals surface area contributed by atoms with Crippen molar-refractivity contribution in [2.45, 2.75) is 58.2 Å². The zero-order chi connectivity index (χ0) is 12.6. The van der Waals surface area contributed by atoms with Crippen molar-refractivity contribution in [2.75, 3.05) is 20.2 Å². The van der Waals surface area contributed by atoms with Crippen LogP contribution in [0.5, 0.6) is 0 Å². The molecule has 4 atom stereocenters. The van der Waals surface area contributed by atoms with Gasteiger partial charge in [0, 0.05) is 25.2 Å². The van der Waals surface area contributed by atoms with Crippen LogP contribution in [0.25, 0.3) is 0 Å². The van der Waals surface area contributed by atoms with Gasteiger partial charge in [0.15, 0.2) is 0 Å². The van der Waals surface area contributed by atoms with Crippen LogP contribution in [0, 0.1) is 11.3 Å². The Morgan fingerprint density at radius 3 is 2.53 bits per heavy atom. The molecule has 3 heteroatoms. The minimum absolute atomic E-state index is 0.323. The maximum absolute atomic E-state index is 6.38. The molecule has 1 aliphatic carbocycles. The lowest BCUT2D eigenvalue weighted by atomic mass is 9.85. The van der Waals surface area contributed by atoms with Crippen molar-refractivity contribution in [3.63, 3.8) is 0 Å². The fraction of sp³-hybridized carbons (Fsp3) is 1.00. The average Bonchev–Trinajstić information content (AvgIpc) is 2.78. The molecule has 0 amide bonds. The summed E-state index contributed by atoms with van der Waals surface area (Å²) in [7, 11) is 2.23. The molecule has 0 aromatic rings. The number of nitrogens with two attached hydrogens (primary N) is 1. The highest BCUT2D eigenvalue weighted by Gasteiger charge is 2.40. The third-order valence-electron chi connectivity index (χ3n) is 4.99. The summed E-state index contributed by atoms with van der Waals surface area (Å²) in [6.07, 6.45) is 4.10. The zero-order valence-electron chi connectivity index (χ0n) is 11.8. The third kappa shape index (κ3) is 2.67. The molecule has 1 aliphatic heterocycles. The van der Waals surface area contributed by atoms with E-state index in [4.69, 9.17) is 10.5 Å². The Morgan fingerprint density at radius 1 is 1.35 bits per heavy atom. The first-order valence-corrected chi connectivity index (χ1v) is 6.99. The maximum atomic E-state index is 6.38. The van der Waals surface area contributed by atoms with Gasteiger partial charge in [0.2, 0.25) is 0 Å². The smallest absolute Gasteiger partial charge is 0.0702 e. The molecule has 3 nitrogen and oxygen atoms in total. The van der Waals surface area contributed by atoms with Crippen LogP contribution < -0.4 is 5.73 Å². The summed E-state index contributed by atoms with van der Waals surface area (Å²) < 4.78 is 5.65. The van der Waals surface area contributed by atoms with Crippen LogP contribution in [0.1, 0.15) is 40.0 Å². The second kappa shape index (κ2) is 4.87. The Morgan fingerprint density at radius 2 is 2.06 bits per heavy atom. The van der Waals surface area contributed by atoms with Gasteiger partial charge in [0.05, 0.1) is 6.10 Å². The van der Waals surface area contributed by atoms with Crippen LogP contribution in [0.3, 0.4) is 0 Å². The van der Waals surface area contributed by atoms with Crippen LogP contribution in [0.2, 0.25) is 0 Å². The van der Waals surface area contributed by atoms with Gasteiger partial charge < -0.3 is 15.4 Å². The minimum Gasteiger partial charge on any atom is -0.377 e. The van der Waals surface area contributed by atoms with Gasteiger partial charge in [-0.2, -0.15) is 0 Å². The van der Waals surface area contributed by atoms with Crippen LogP contribution in [0.4, 0.5) is 0 Å². The summed E-state index contributed by atoms with van der Waals surface area (Å²) in [5.74, 6) is 0.655. The van der Waals surface area contributed by atoms with E-state index in [9.17, 15) is 0 Å². The molecular formula is C14H28N2O. The van der Waals surface area contributed by atoms with Gasteiger partial charge >= 0.3 is 0 Å². The topological polar surface area (TPSA) is 38.5 Å². The summed E-state index contributed by atoms with van der Waals surface area (Å²) in [6.45, 7) is 8.84. The highest BCUT2D eigenvalue weighted by atomic mass is 16.5. The van der Waals surface area contributed by atoms with Crippen molar-refractivity contribution in [3.05, 3.63) is 0 Å². The second-order valence-electron chi connectivity index (χ2n) is 6.68. The number of rotatable bonds is 3. The lowest BCUT2D eigenvalue weighted by molar-refractivity contribution is 0.0764. The van der Waals surface area contributed by atoms with Gasteiger partial charge in [-0.3, -0.25) is 0 Å². The summed E-state index contributed by atoms with van der Waals surface area (Å²) in [5.41, 5.74) is 6.70. The molecule has 17 heavy (non-hydrogen) atoms. The Kier molecular flexibility index (Phi) is 3.81. The van der Waals surface area contributed by atoms with Crippen LogP contribution in [-0.4, -0.2) is 43.3 Å². The number of ether oxygens (including phenoxy) is 1. The van der Waals surface area contributed by atoms with Gasteiger partial charge in [-0.25, -0.2) is 0 Å². The van der Waals surface area contributed by atoms with E-state index < -0.39 is 0 Å². The van der Waals surface area contributed by atoms with Gasteiger partial charge in [-0.1, -0.05) is 13.8 Å². The summed E-state index contributed by atoms with van der Waals surface area (Å²) in [6, 6.07) is 0.938. The highest BCUT2D eigenvalue weighted by molar-refractivity contribution is 4.96. The zero-order valence-corrected chi connectivity index (χ0v) is 11.8. The van der Waals surface area contributed by atoms with E-state index in [2.05, 4.69) is 32.7 Å². The molecule has 2 N–H and O–H groups in total. The standard InChI is InChI=1S/C14H28N2O/c1-10-12(6-8-17-10)16(4)9-11-5-7-14(2,3)13(11)15/h10-13H,5-9,15H2,1-4H3. The van der Waals surface area contributed by atoms with Crippen molar-refractivity contribution in [1.82, 2.24) is 4.90 Å². The van der Waals surface area contributed by atoms with Crippen molar-refractivity contribution >= 4 is 0 Å². The van der Waals surface area contributed by atoms with Crippen molar-refractivity contribution in [3.8, 4) is 0 Å². The normalized spacial score (nSPS) is 41.3. The van der Waals surface area contributed by atoms with E-state index in [1.54, 1.807) is 0 Å². The minimum atomic E-state index is 0.323. The van der Waals surface area contributed by atoms with Crippen molar-refractivity contribution in [1.29, 1.82) is 0 Å². The monoisotopic (exact) mass is 240 g/mol. The lowest BCUT2D eigenvalue weighted by Crippen LogP contribution is -2.45. The molecule has 0 radical (unpaired) electrons. The SMILES string of the molecule is CC1OCCC1N(C)CC1CCC(C)(C)C1N. The molecule has 0 aromatic heterocycles. The Hall–Kier alpha value is -0.120. The second-order valence-corrected chi connectivity index (χ2v) is 6.68. The first kappa shape index (κ1) is 13.3. The molecule has 2 aliphatic rings. The van der Waals surface area contributed by atoms with Gasteiger partial charge in [0.25, 0.3) is 0 Å². The Balaban J connectivity index is 1.89. The molecule has 4 unspecified atom stereocenters. The molecule has 1 heterocycles. The van der Waals surface area contributed by atoms with Crippen molar-refractivity contribution < 1.29 is 4.74 Å². The molecule has 0 spiro atoms.